The lowest BCUT2D eigenvalue weighted by Crippen LogP contribution is -2.03. The molecule has 0 aliphatic heterocycles. The number of benzene rings is 1. The Kier molecular flexibility index (Phi) is 4.02. The first-order valence-electron chi connectivity index (χ1n) is 4.62. The molecule has 0 fully saturated rings. The zero-order valence-electron chi connectivity index (χ0n) is 8.96. The number of nitrogen functional groups attached to an aromatic ring is 3. The van der Waals surface area contributed by atoms with E-state index in [2.05, 4.69) is 15.0 Å². The highest BCUT2D eigenvalue weighted by Crippen LogP contribution is 1.96. The molecule has 1 heterocycles. The van der Waals surface area contributed by atoms with Gasteiger partial charge in [-0.25, -0.2) is 0 Å². The molecule has 1 aromatic heterocycles. The van der Waals surface area contributed by atoms with E-state index in [9.17, 15) is 0 Å². The fraction of sp³-hybridized carbons (Fsp3) is 0.100. The fourth-order valence-corrected chi connectivity index (χ4v) is 0.977. The summed E-state index contributed by atoms with van der Waals surface area (Å²) in [7, 11) is 0. The lowest BCUT2D eigenvalue weighted by molar-refractivity contribution is 1.00. The highest BCUT2D eigenvalue weighted by molar-refractivity contribution is 5.35. The van der Waals surface area contributed by atoms with Crippen LogP contribution in [0, 0.1) is 6.92 Å². The van der Waals surface area contributed by atoms with Crippen LogP contribution >= 0.6 is 0 Å². The Morgan fingerprint density at radius 3 is 1.62 bits per heavy atom. The maximum Gasteiger partial charge on any atom is 0.225 e. The number of anilines is 3. The van der Waals surface area contributed by atoms with Gasteiger partial charge >= 0.3 is 0 Å². The van der Waals surface area contributed by atoms with Gasteiger partial charge in [0.2, 0.25) is 11.9 Å². The molecule has 2 rings (SSSR count). The number of hydrogen-bond donors (Lipinski definition) is 3. The molecule has 6 heteroatoms. The average molecular weight is 218 g/mol. The Bertz CT molecular complexity index is 392. The van der Waals surface area contributed by atoms with Gasteiger partial charge in [0.25, 0.3) is 0 Å². The maximum absolute atomic E-state index is 5.36. The first kappa shape index (κ1) is 11.7. The van der Waals surface area contributed by atoms with E-state index in [4.69, 9.17) is 17.2 Å². The van der Waals surface area contributed by atoms with Crippen LogP contribution in [0.5, 0.6) is 0 Å². The van der Waals surface area contributed by atoms with Crippen molar-refractivity contribution in [3.63, 3.8) is 0 Å². The van der Waals surface area contributed by atoms with Crippen molar-refractivity contribution in [1.29, 1.82) is 0 Å². The van der Waals surface area contributed by atoms with Gasteiger partial charge < -0.3 is 17.2 Å². The summed E-state index contributed by atoms with van der Waals surface area (Å²) in [5.74, 6) is 0.875. The molecule has 0 unspecified atom stereocenters. The molecule has 0 aliphatic carbocycles. The molecule has 0 radical (unpaired) electrons. The highest BCUT2D eigenvalue weighted by Gasteiger charge is 1.93. The Morgan fingerprint density at radius 1 is 0.812 bits per heavy atom. The average Bonchev–Trinajstić information content (AvgIpc) is 2.17. The third-order valence-corrected chi connectivity index (χ3v) is 1.58. The Morgan fingerprint density at radius 2 is 1.31 bits per heavy atom. The summed E-state index contributed by atoms with van der Waals surface area (Å²) >= 11 is 0. The zero-order chi connectivity index (χ0) is 12.0. The number of nitrogens with zero attached hydrogens (tertiary/aromatic N) is 3. The lowest BCUT2D eigenvalue weighted by Gasteiger charge is -1.93. The molecule has 0 saturated carbocycles. The molecule has 0 spiro atoms. The number of para-hydroxylation sites is 1. The highest BCUT2D eigenvalue weighted by atomic mass is 15.1. The quantitative estimate of drug-likeness (QED) is 0.558. The number of nitrogens with two attached hydrogens (primary N) is 3. The molecule has 6 nitrogen and oxygen atoms in total. The SMILES string of the molecule is Cc1nc(N)nc(N)n1.Nc1ccccc1. The first-order chi connectivity index (χ1) is 7.58. The minimum Gasteiger partial charge on any atom is -0.399 e. The second-order valence-electron chi connectivity index (χ2n) is 3.01. The fourth-order valence-electron chi connectivity index (χ4n) is 0.977. The second-order valence-corrected chi connectivity index (χ2v) is 3.01. The third-order valence-electron chi connectivity index (χ3n) is 1.58. The molecule has 0 aliphatic rings. The summed E-state index contributed by atoms with van der Waals surface area (Å²) in [4.78, 5) is 11.0. The largest absolute Gasteiger partial charge is 0.399 e. The van der Waals surface area contributed by atoms with E-state index in [1.165, 1.54) is 0 Å². The molecule has 6 N–H and O–H groups in total. The van der Waals surface area contributed by atoms with Crippen LogP contribution in [0.2, 0.25) is 0 Å². The summed E-state index contributed by atoms with van der Waals surface area (Å²) in [6, 6.07) is 9.49. The van der Waals surface area contributed by atoms with Crippen molar-refractivity contribution < 1.29 is 0 Å². The minimum absolute atomic E-state index is 0.167. The number of hydrogen-bond acceptors (Lipinski definition) is 6. The van der Waals surface area contributed by atoms with Crippen molar-refractivity contribution in [3.8, 4) is 0 Å². The van der Waals surface area contributed by atoms with Gasteiger partial charge in [0, 0.05) is 5.69 Å². The third kappa shape index (κ3) is 4.23. The van der Waals surface area contributed by atoms with E-state index in [-0.39, 0.29) is 11.9 Å². The molecule has 0 saturated heterocycles. The molecule has 0 amide bonds. The van der Waals surface area contributed by atoms with Crippen molar-refractivity contribution in [2.75, 3.05) is 17.2 Å². The zero-order valence-corrected chi connectivity index (χ0v) is 8.96. The standard InChI is InChI=1S/C6H7N.C4H7N5/c7-6-4-2-1-3-5-6;1-2-7-3(5)9-4(6)8-2/h1-5H,7H2;1H3,(H4,5,6,7,8,9). The summed E-state index contributed by atoms with van der Waals surface area (Å²) in [5, 5.41) is 0. The van der Waals surface area contributed by atoms with Gasteiger partial charge in [0.05, 0.1) is 0 Å². The number of aryl methyl sites for hydroxylation is 1. The molecular weight excluding hydrogens is 204 g/mol. The van der Waals surface area contributed by atoms with Crippen LogP contribution in [0.1, 0.15) is 5.82 Å². The predicted octanol–water partition coefficient (Wildman–Crippen LogP) is 0.613. The van der Waals surface area contributed by atoms with Crippen LogP contribution in [-0.2, 0) is 0 Å². The molecule has 2 aromatic rings. The Labute approximate surface area is 93.5 Å². The maximum atomic E-state index is 5.36. The van der Waals surface area contributed by atoms with Gasteiger partial charge in [-0.1, -0.05) is 18.2 Å². The van der Waals surface area contributed by atoms with Crippen LogP contribution in [-0.4, -0.2) is 15.0 Å². The van der Waals surface area contributed by atoms with Crippen LogP contribution in [0.25, 0.3) is 0 Å². The molecule has 16 heavy (non-hydrogen) atoms. The van der Waals surface area contributed by atoms with E-state index in [1.54, 1.807) is 6.92 Å². The molecule has 1 aromatic carbocycles. The van der Waals surface area contributed by atoms with Crippen molar-refractivity contribution in [2.24, 2.45) is 0 Å². The Hall–Kier alpha value is -2.37. The Balaban J connectivity index is 0.000000165. The number of rotatable bonds is 0. The predicted molar refractivity (Wildman–Crippen MR) is 64.2 cm³/mol. The van der Waals surface area contributed by atoms with Crippen molar-refractivity contribution >= 4 is 17.6 Å². The van der Waals surface area contributed by atoms with Crippen LogP contribution in [0.15, 0.2) is 30.3 Å². The van der Waals surface area contributed by atoms with Gasteiger partial charge in [-0.2, -0.15) is 15.0 Å². The van der Waals surface area contributed by atoms with Gasteiger partial charge in [0.15, 0.2) is 0 Å². The van der Waals surface area contributed by atoms with Crippen molar-refractivity contribution in [2.45, 2.75) is 6.92 Å². The van der Waals surface area contributed by atoms with E-state index in [0.29, 0.717) is 5.82 Å². The summed E-state index contributed by atoms with van der Waals surface area (Å²) in [5.41, 5.74) is 16.6. The summed E-state index contributed by atoms with van der Waals surface area (Å²) in [6.07, 6.45) is 0. The van der Waals surface area contributed by atoms with Crippen LogP contribution < -0.4 is 17.2 Å². The van der Waals surface area contributed by atoms with E-state index >= 15 is 0 Å². The van der Waals surface area contributed by atoms with Crippen molar-refractivity contribution in [1.82, 2.24) is 15.0 Å². The second kappa shape index (κ2) is 5.50. The van der Waals surface area contributed by atoms with Crippen LogP contribution in [0.4, 0.5) is 17.6 Å². The van der Waals surface area contributed by atoms with Gasteiger partial charge in [-0.15, -0.1) is 0 Å². The van der Waals surface area contributed by atoms with E-state index < -0.39 is 0 Å². The topological polar surface area (TPSA) is 117 Å². The molecule has 0 atom stereocenters. The number of aromatic nitrogens is 3. The van der Waals surface area contributed by atoms with Gasteiger partial charge in [-0.05, 0) is 19.1 Å². The lowest BCUT2D eigenvalue weighted by atomic mass is 10.3. The van der Waals surface area contributed by atoms with Crippen molar-refractivity contribution in [3.05, 3.63) is 36.2 Å². The molecule has 84 valence electrons. The summed E-state index contributed by atoms with van der Waals surface area (Å²) < 4.78 is 0. The van der Waals surface area contributed by atoms with Gasteiger partial charge in [0.1, 0.15) is 5.82 Å². The normalized spacial score (nSPS) is 9.06. The molecular formula is C10H14N6. The monoisotopic (exact) mass is 218 g/mol. The smallest absolute Gasteiger partial charge is 0.225 e. The van der Waals surface area contributed by atoms with Crippen LogP contribution in [0.3, 0.4) is 0 Å². The first-order valence-corrected chi connectivity index (χ1v) is 4.62. The van der Waals surface area contributed by atoms with E-state index in [1.807, 2.05) is 30.3 Å². The summed E-state index contributed by atoms with van der Waals surface area (Å²) in [6.45, 7) is 1.70. The minimum atomic E-state index is 0.167. The molecule has 0 bridgehead atoms. The van der Waals surface area contributed by atoms with E-state index in [0.717, 1.165) is 5.69 Å². The van der Waals surface area contributed by atoms with Gasteiger partial charge in [-0.3, -0.25) is 0 Å².